The molecule has 98 valence electrons. The van der Waals surface area contributed by atoms with Crippen LogP contribution >= 0.6 is 27.5 Å². The minimum Gasteiger partial charge on any atom is -0.335 e. The number of hydrogen-bond acceptors (Lipinski definition) is 2. The molecule has 1 saturated heterocycles. The summed E-state index contributed by atoms with van der Waals surface area (Å²) in [5, 5.41) is 1.25. The Balaban J connectivity index is 2.23. The highest BCUT2D eigenvalue weighted by atomic mass is 79.9. The van der Waals surface area contributed by atoms with Crippen LogP contribution in [0.4, 0.5) is 0 Å². The maximum atomic E-state index is 12.5. The molecule has 0 saturated carbocycles. The van der Waals surface area contributed by atoms with Gasteiger partial charge in [-0.05, 0) is 18.9 Å². The van der Waals surface area contributed by atoms with E-state index in [-0.39, 0.29) is 11.9 Å². The van der Waals surface area contributed by atoms with Crippen LogP contribution in [0.2, 0.25) is 5.02 Å². The lowest BCUT2D eigenvalue weighted by Crippen LogP contribution is -2.41. The number of hydrogen-bond donors (Lipinski definition) is 0. The summed E-state index contributed by atoms with van der Waals surface area (Å²) in [5.41, 5.74) is 0.555. The maximum absolute atomic E-state index is 12.5. The molecule has 2 rings (SSSR count). The monoisotopic (exact) mass is 330 g/mol. The second-order valence-corrected chi connectivity index (χ2v) is 5.57. The van der Waals surface area contributed by atoms with Gasteiger partial charge >= 0.3 is 0 Å². The van der Waals surface area contributed by atoms with Gasteiger partial charge in [0, 0.05) is 30.3 Å². The zero-order valence-electron chi connectivity index (χ0n) is 10.1. The van der Waals surface area contributed by atoms with Crippen molar-refractivity contribution in [3.05, 3.63) is 29.0 Å². The number of carbonyl (C=O) groups is 1. The van der Waals surface area contributed by atoms with Crippen LogP contribution in [0.1, 0.15) is 36.0 Å². The van der Waals surface area contributed by atoms with Crippen molar-refractivity contribution in [2.75, 3.05) is 11.9 Å². The first-order chi connectivity index (χ1) is 8.74. The third kappa shape index (κ3) is 3.04. The van der Waals surface area contributed by atoms with Crippen LogP contribution in [-0.4, -0.2) is 33.7 Å². The van der Waals surface area contributed by atoms with Crippen molar-refractivity contribution in [3.63, 3.8) is 0 Å². The first-order valence-electron chi connectivity index (χ1n) is 6.20. The summed E-state index contributed by atoms with van der Waals surface area (Å²) in [5.74, 6) is 0.0220. The molecule has 1 aliphatic heterocycles. The predicted molar refractivity (Wildman–Crippen MR) is 76.3 cm³/mol. The molecule has 1 aromatic heterocycles. The average Bonchev–Trinajstić information content (AvgIpc) is 2.63. The van der Waals surface area contributed by atoms with Gasteiger partial charge in [0.05, 0.1) is 10.6 Å². The SMILES string of the molecule is O=C(c1ccncc1Cl)N1CCCCCC1CBr. The minimum atomic E-state index is 0.0220. The van der Waals surface area contributed by atoms with Crippen LogP contribution < -0.4 is 0 Å². The van der Waals surface area contributed by atoms with Crippen LogP contribution in [0.15, 0.2) is 18.5 Å². The molecule has 1 fully saturated rings. The van der Waals surface area contributed by atoms with Crippen molar-refractivity contribution in [1.29, 1.82) is 0 Å². The van der Waals surface area contributed by atoms with Crippen molar-refractivity contribution in [1.82, 2.24) is 9.88 Å². The molecule has 0 aromatic carbocycles. The molecule has 0 N–H and O–H groups in total. The number of nitrogens with zero attached hydrogens (tertiary/aromatic N) is 2. The molecule has 1 aromatic rings. The Hall–Kier alpha value is -0.610. The number of carbonyl (C=O) groups excluding carboxylic acids is 1. The van der Waals surface area contributed by atoms with Gasteiger partial charge in [-0.2, -0.15) is 0 Å². The number of alkyl halides is 1. The van der Waals surface area contributed by atoms with E-state index < -0.39 is 0 Å². The highest BCUT2D eigenvalue weighted by molar-refractivity contribution is 9.09. The maximum Gasteiger partial charge on any atom is 0.255 e. The van der Waals surface area contributed by atoms with Crippen molar-refractivity contribution in [2.24, 2.45) is 0 Å². The molecule has 0 radical (unpaired) electrons. The van der Waals surface area contributed by atoms with E-state index in [1.165, 1.54) is 19.0 Å². The molecule has 0 bridgehead atoms. The third-order valence-electron chi connectivity index (χ3n) is 3.32. The van der Waals surface area contributed by atoms with Crippen LogP contribution in [-0.2, 0) is 0 Å². The van der Waals surface area contributed by atoms with Gasteiger partial charge < -0.3 is 4.90 Å². The van der Waals surface area contributed by atoms with Gasteiger partial charge in [0.2, 0.25) is 0 Å². The molecular weight excluding hydrogens is 316 g/mol. The first kappa shape index (κ1) is 13.8. The van der Waals surface area contributed by atoms with E-state index >= 15 is 0 Å². The van der Waals surface area contributed by atoms with E-state index in [4.69, 9.17) is 11.6 Å². The molecule has 1 unspecified atom stereocenters. The number of amides is 1. The molecule has 5 heteroatoms. The van der Waals surface area contributed by atoms with Gasteiger partial charge in [-0.25, -0.2) is 0 Å². The van der Waals surface area contributed by atoms with E-state index in [9.17, 15) is 4.79 Å². The lowest BCUT2D eigenvalue weighted by atomic mass is 10.1. The largest absolute Gasteiger partial charge is 0.335 e. The fourth-order valence-electron chi connectivity index (χ4n) is 2.31. The summed E-state index contributed by atoms with van der Waals surface area (Å²) in [6.07, 6.45) is 7.63. The van der Waals surface area contributed by atoms with E-state index in [0.29, 0.717) is 10.6 Å². The number of rotatable bonds is 2. The molecule has 18 heavy (non-hydrogen) atoms. The molecular formula is C13H16BrClN2O. The van der Waals surface area contributed by atoms with Crippen molar-refractivity contribution in [3.8, 4) is 0 Å². The Labute approximate surface area is 121 Å². The minimum absolute atomic E-state index is 0.0220. The second kappa shape index (κ2) is 6.53. The summed E-state index contributed by atoms with van der Waals surface area (Å²) in [7, 11) is 0. The molecule has 1 atom stereocenters. The van der Waals surface area contributed by atoms with Crippen LogP contribution in [0.3, 0.4) is 0 Å². The summed E-state index contributed by atoms with van der Waals surface area (Å²) < 4.78 is 0. The number of halogens is 2. The zero-order chi connectivity index (χ0) is 13.0. The van der Waals surface area contributed by atoms with E-state index in [1.54, 1.807) is 12.3 Å². The lowest BCUT2D eigenvalue weighted by molar-refractivity contribution is 0.0702. The summed E-state index contributed by atoms with van der Waals surface area (Å²) in [6.45, 7) is 0.813. The van der Waals surface area contributed by atoms with Crippen molar-refractivity contribution < 1.29 is 4.79 Å². The highest BCUT2D eigenvalue weighted by Gasteiger charge is 2.26. The van der Waals surface area contributed by atoms with Crippen LogP contribution in [0, 0.1) is 0 Å². The zero-order valence-corrected chi connectivity index (χ0v) is 12.5. The topological polar surface area (TPSA) is 33.2 Å². The summed E-state index contributed by atoms with van der Waals surface area (Å²) >= 11 is 9.55. The Morgan fingerprint density at radius 2 is 2.33 bits per heavy atom. The predicted octanol–water partition coefficient (Wildman–Crippen LogP) is 3.51. The fraction of sp³-hybridized carbons (Fsp3) is 0.538. The summed E-state index contributed by atoms with van der Waals surface area (Å²) in [4.78, 5) is 18.4. The van der Waals surface area contributed by atoms with E-state index in [2.05, 4.69) is 20.9 Å². The van der Waals surface area contributed by atoms with Crippen LogP contribution in [0.25, 0.3) is 0 Å². The number of aromatic nitrogens is 1. The van der Waals surface area contributed by atoms with Crippen molar-refractivity contribution >= 4 is 33.4 Å². The van der Waals surface area contributed by atoms with Gasteiger partial charge in [0.25, 0.3) is 5.91 Å². The molecule has 1 aliphatic rings. The second-order valence-electron chi connectivity index (χ2n) is 4.51. The quantitative estimate of drug-likeness (QED) is 0.777. The highest BCUT2D eigenvalue weighted by Crippen LogP contribution is 2.23. The number of pyridine rings is 1. The average molecular weight is 332 g/mol. The Morgan fingerprint density at radius 1 is 1.50 bits per heavy atom. The van der Waals surface area contributed by atoms with Gasteiger partial charge in [0.15, 0.2) is 0 Å². The van der Waals surface area contributed by atoms with Crippen LogP contribution in [0.5, 0.6) is 0 Å². The molecule has 2 heterocycles. The number of likely N-dealkylation sites (tertiary alicyclic amines) is 1. The molecule has 3 nitrogen and oxygen atoms in total. The van der Waals surface area contributed by atoms with Crippen molar-refractivity contribution in [2.45, 2.75) is 31.7 Å². The summed E-state index contributed by atoms with van der Waals surface area (Å²) in [6, 6.07) is 1.96. The lowest BCUT2D eigenvalue weighted by Gasteiger charge is -2.29. The Morgan fingerprint density at radius 3 is 3.06 bits per heavy atom. The van der Waals surface area contributed by atoms with Gasteiger partial charge in [-0.1, -0.05) is 40.4 Å². The Kier molecular flexibility index (Phi) is 5.01. The third-order valence-corrected chi connectivity index (χ3v) is 4.37. The normalized spacial score (nSPS) is 20.6. The van der Waals surface area contributed by atoms with Gasteiger partial charge in [-0.15, -0.1) is 0 Å². The molecule has 0 aliphatic carbocycles. The first-order valence-corrected chi connectivity index (χ1v) is 7.70. The smallest absolute Gasteiger partial charge is 0.255 e. The molecule has 0 spiro atoms. The standard InChI is InChI=1S/C13H16BrClN2O/c14-8-10-4-2-1-3-7-17(10)13(18)11-5-6-16-9-12(11)15/h5-6,9-10H,1-4,7-8H2. The Bertz CT molecular complexity index is 427. The van der Waals surface area contributed by atoms with E-state index in [0.717, 1.165) is 24.7 Å². The van der Waals surface area contributed by atoms with E-state index in [1.807, 2.05) is 4.90 Å². The van der Waals surface area contributed by atoms with Gasteiger partial charge in [-0.3, -0.25) is 9.78 Å². The molecule has 1 amide bonds. The fourth-order valence-corrected chi connectivity index (χ4v) is 3.18. The van der Waals surface area contributed by atoms with Gasteiger partial charge in [0.1, 0.15) is 0 Å².